The molecule has 0 radical (unpaired) electrons. The molecule has 0 bridgehead atoms. The predicted octanol–water partition coefficient (Wildman–Crippen LogP) is 3.59. The molecule has 0 spiro atoms. The lowest BCUT2D eigenvalue weighted by Crippen LogP contribution is -2.14. The van der Waals surface area contributed by atoms with E-state index in [1.165, 1.54) is 43.3 Å². The highest BCUT2D eigenvalue weighted by molar-refractivity contribution is 9.10. The molecule has 0 aromatic heterocycles. The van der Waals surface area contributed by atoms with Gasteiger partial charge >= 0.3 is 0 Å². The van der Waals surface area contributed by atoms with Gasteiger partial charge in [0, 0.05) is 10.0 Å². The van der Waals surface area contributed by atoms with Crippen molar-refractivity contribution in [1.82, 2.24) is 0 Å². The lowest BCUT2D eigenvalue weighted by molar-refractivity contribution is 0.101. The quantitative estimate of drug-likeness (QED) is 0.835. The van der Waals surface area contributed by atoms with Gasteiger partial charge < -0.3 is 0 Å². The maximum Gasteiger partial charge on any atom is 0.262 e. The van der Waals surface area contributed by atoms with Crippen LogP contribution in [0.5, 0.6) is 0 Å². The molecule has 0 saturated heterocycles. The van der Waals surface area contributed by atoms with Gasteiger partial charge in [0.25, 0.3) is 10.0 Å². The average Bonchev–Trinajstić information content (AvgIpc) is 2.43. The molecule has 0 saturated carbocycles. The van der Waals surface area contributed by atoms with Crippen molar-refractivity contribution in [3.8, 4) is 0 Å². The van der Waals surface area contributed by atoms with Crippen LogP contribution in [0.1, 0.15) is 17.3 Å². The Morgan fingerprint density at radius 3 is 2.57 bits per heavy atom. The van der Waals surface area contributed by atoms with Gasteiger partial charge in [-0.3, -0.25) is 9.52 Å². The Morgan fingerprint density at radius 1 is 1.19 bits per heavy atom. The SMILES string of the molecule is CC(=O)c1cccc(S(=O)(=O)Nc2cc(Br)ccc2F)c1. The topological polar surface area (TPSA) is 63.2 Å². The monoisotopic (exact) mass is 371 g/mol. The van der Waals surface area contributed by atoms with Gasteiger partial charge in [-0.2, -0.15) is 0 Å². The first-order valence-corrected chi connectivity index (χ1v) is 8.16. The van der Waals surface area contributed by atoms with E-state index in [0.29, 0.717) is 4.47 Å². The van der Waals surface area contributed by atoms with Crippen LogP contribution < -0.4 is 4.72 Å². The summed E-state index contributed by atoms with van der Waals surface area (Å²) in [4.78, 5) is 11.2. The summed E-state index contributed by atoms with van der Waals surface area (Å²) >= 11 is 3.14. The molecule has 0 amide bonds. The number of hydrogen-bond donors (Lipinski definition) is 1. The maximum atomic E-state index is 13.6. The van der Waals surface area contributed by atoms with Crippen LogP contribution in [0.25, 0.3) is 0 Å². The van der Waals surface area contributed by atoms with E-state index in [2.05, 4.69) is 20.7 Å². The van der Waals surface area contributed by atoms with Gasteiger partial charge in [-0.25, -0.2) is 12.8 Å². The standard InChI is InChI=1S/C14H11BrFNO3S/c1-9(18)10-3-2-4-12(7-10)21(19,20)17-14-8-11(15)5-6-13(14)16/h2-8,17H,1H3. The minimum absolute atomic E-state index is 0.102. The van der Waals surface area contributed by atoms with Crippen LogP contribution in [0.2, 0.25) is 0 Å². The van der Waals surface area contributed by atoms with Crippen LogP contribution in [0.15, 0.2) is 51.8 Å². The minimum atomic E-state index is -3.97. The summed E-state index contributed by atoms with van der Waals surface area (Å²) in [5.74, 6) is -0.940. The van der Waals surface area contributed by atoms with Crippen LogP contribution >= 0.6 is 15.9 Å². The minimum Gasteiger partial charge on any atom is -0.295 e. The third kappa shape index (κ3) is 3.68. The second-order valence-electron chi connectivity index (χ2n) is 4.31. The molecule has 2 aromatic rings. The van der Waals surface area contributed by atoms with Crippen LogP contribution in [0.3, 0.4) is 0 Å². The van der Waals surface area contributed by atoms with Crippen LogP contribution in [0, 0.1) is 5.82 Å². The molecule has 4 nitrogen and oxygen atoms in total. The first-order chi connectivity index (χ1) is 9.79. The fraction of sp³-hybridized carbons (Fsp3) is 0.0714. The number of benzene rings is 2. The number of Topliss-reactive ketones (excluding diaryl/α,β-unsaturated/α-hetero) is 1. The molecule has 0 aliphatic rings. The largest absolute Gasteiger partial charge is 0.295 e. The summed E-state index contributed by atoms with van der Waals surface area (Å²) in [6.45, 7) is 1.34. The summed E-state index contributed by atoms with van der Waals surface area (Å²) in [6.07, 6.45) is 0. The highest BCUT2D eigenvalue weighted by Gasteiger charge is 2.17. The molecule has 0 fully saturated rings. The van der Waals surface area contributed by atoms with E-state index in [1.807, 2.05) is 0 Å². The molecule has 0 aliphatic heterocycles. The van der Waals surface area contributed by atoms with E-state index in [0.717, 1.165) is 6.07 Å². The Labute approximate surface area is 130 Å². The number of carbonyl (C=O) groups excluding carboxylic acids is 1. The molecule has 2 rings (SSSR count). The van der Waals surface area contributed by atoms with Crippen LogP contribution in [-0.4, -0.2) is 14.2 Å². The third-order valence-corrected chi connectivity index (χ3v) is 4.58. The molecule has 0 unspecified atom stereocenters. The van der Waals surface area contributed by atoms with Gasteiger partial charge in [0.1, 0.15) is 5.82 Å². The van der Waals surface area contributed by atoms with Gasteiger partial charge in [0.2, 0.25) is 0 Å². The average molecular weight is 372 g/mol. The molecule has 110 valence electrons. The van der Waals surface area contributed by atoms with Crippen LogP contribution in [0.4, 0.5) is 10.1 Å². The van der Waals surface area contributed by atoms with E-state index in [4.69, 9.17) is 0 Å². The van der Waals surface area contributed by atoms with Crippen molar-refractivity contribution in [2.45, 2.75) is 11.8 Å². The van der Waals surface area contributed by atoms with Crippen molar-refractivity contribution in [3.63, 3.8) is 0 Å². The van der Waals surface area contributed by atoms with Crippen molar-refractivity contribution in [3.05, 3.63) is 58.3 Å². The number of halogens is 2. The van der Waals surface area contributed by atoms with Gasteiger partial charge in [0.05, 0.1) is 10.6 Å². The smallest absolute Gasteiger partial charge is 0.262 e. The maximum absolute atomic E-state index is 13.6. The number of sulfonamides is 1. The molecule has 0 aliphatic carbocycles. The Balaban J connectivity index is 2.41. The molecule has 21 heavy (non-hydrogen) atoms. The number of anilines is 1. The van der Waals surface area contributed by atoms with E-state index in [9.17, 15) is 17.6 Å². The first-order valence-electron chi connectivity index (χ1n) is 5.88. The fourth-order valence-electron chi connectivity index (χ4n) is 1.66. The number of ketones is 1. The summed E-state index contributed by atoms with van der Waals surface area (Å²) in [7, 11) is -3.97. The molecular weight excluding hydrogens is 361 g/mol. The van der Waals surface area contributed by atoms with Crippen molar-refractivity contribution >= 4 is 37.4 Å². The Kier molecular flexibility index (Phi) is 4.43. The zero-order chi connectivity index (χ0) is 15.6. The molecule has 1 N–H and O–H groups in total. The molecule has 2 aromatic carbocycles. The highest BCUT2D eigenvalue weighted by Crippen LogP contribution is 2.23. The van der Waals surface area contributed by atoms with E-state index < -0.39 is 15.8 Å². The summed E-state index contributed by atoms with van der Waals surface area (Å²) in [5, 5.41) is 0. The van der Waals surface area contributed by atoms with Gasteiger partial charge in [-0.15, -0.1) is 0 Å². The van der Waals surface area contributed by atoms with Gasteiger partial charge in [0.15, 0.2) is 5.78 Å². The lowest BCUT2D eigenvalue weighted by Gasteiger charge is -2.10. The summed E-state index contributed by atoms with van der Waals surface area (Å²) in [6, 6.07) is 9.49. The first kappa shape index (κ1) is 15.7. The van der Waals surface area contributed by atoms with Crippen molar-refractivity contribution in [2.75, 3.05) is 4.72 Å². The lowest BCUT2D eigenvalue weighted by atomic mass is 10.2. The van der Waals surface area contributed by atoms with Gasteiger partial charge in [-0.1, -0.05) is 28.1 Å². The summed E-state index contributed by atoms with van der Waals surface area (Å²) < 4.78 is 40.8. The molecule has 7 heteroatoms. The normalized spacial score (nSPS) is 11.2. The van der Waals surface area contributed by atoms with Crippen molar-refractivity contribution in [1.29, 1.82) is 0 Å². The predicted molar refractivity (Wildman–Crippen MR) is 81.4 cm³/mol. The second-order valence-corrected chi connectivity index (χ2v) is 6.91. The zero-order valence-electron chi connectivity index (χ0n) is 10.9. The van der Waals surface area contributed by atoms with Crippen molar-refractivity contribution in [2.24, 2.45) is 0 Å². The Bertz CT molecular complexity index is 806. The van der Waals surface area contributed by atoms with E-state index >= 15 is 0 Å². The molecule has 0 atom stereocenters. The number of nitrogens with one attached hydrogen (secondary N) is 1. The number of carbonyl (C=O) groups is 1. The third-order valence-electron chi connectivity index (χ3n) is 2.72. The van der Waals surface area contributed by atoms with Crippen molar-refractivity contribution < 1.29 is 17.6 Å². The molecule has 0 heterocycles. The zero-order valence-corrected chi connectivity index (χ0v) is 13.3. The Morgan fingerprint density at radius 2 is 1.90 bits per heavy atom. The van der Waals surface area contributed by atoms with E-state index in [-0.39, 0.29) is 21.9 Å². The highest BCUT2D eigenvalue weighted by atomic mass is 79.9. The molecular formula is C14H11BrFNO3S. The second kappa shape index (κ2) is 5.95. The number of rotatable bonds is 4. The van der Waals surface area contributed by atoms with E-state index in [1.54, 1.807) is 0 Å². The summed E-state index contributed by atoms with van der Waals surface area (Å²) in [5.41, 5.74) is 0.102. The van der Waals surface area contributed by atoms with Crippen LogP contribution in [-0.2, 0) is 10.0 Å². The fourth-order valence-corrected chi connectivity index (χ4v) is 3.13. The Hall–Kier alpha value is -1.73. The number of hydrogen-bond acceptors (Lipinski definition) is 3. The van der Waals surface area contributed by atoms with Gasteiger partial charge in [-0.05, 0) is 37.3 Å².